The molecule has 0 amide bonds. The average molecular weight is 300 g/mol. The van der Waals surface area contributed by atoms with Gasteiger partial charge in [0.05, 0.1) is 18.2 Å². The monoisotopic (exact) mass is 300 g/mol. The van der Waals surface area contributed by atoms with Gasteiger partial charge < -0.3 is 4.74 Å². The molecule has 2 rings (SSSR count). The van der Waals surface area contributed by atoms with Crippen molar-refractivity contribution in [3.05, 3.63) is 45.4 Å². The molecule has 3 nitrogen and oxygen atoms in total. The first-order valence-corrected chi connectivity index (χ1v) is 8.03. The van der Waals surface area contributed by atoms with Crippen LogP contribution in [0.4, 0.5) is 0 Å². The third kappa shape index (κ3) is 3.83. The van der Waals surface area contributed by atoms with Gasteiger partial charge in [-0.15, -0.1) is 11.3 Å². The Morgan fingerprint density at radius 2 is 2.10 bits per heavy atom. The van der Waals surface area contributed by atoms with Gasteiger partial charge in [0.15, 0.2) is 0 Å². The number of nitrogens with zero attached hydrogens (tertiary/aromatic N) is 2. The molecule has 4 heteroatoms. The van der Waals surface area contributed by atoms with Crippen molar-refractivity contribution in [2.75, 3.05) is 0 Å². The summed E-state index contributed by atoms with van der Waals surface area (Å²) in [5, 5.41) is 9.85. The maximum Gasteiger partial charge on any atom is 0.140 e. The molecule has 110 valence electrons. The summed E-state index contributed by atoms with van der Waals surface area (Å²) in [6.07, 6.45) is 1.38. The molecular formula is C17H20N2OS. The SMILES string of the molecule is CCc1ccccc1OCc1nc(C(C)C)c(CC#N)s1. The minimum Gasteiger partial charge on any atom is -0.486 e. The molecule has 21 heavy (non-hydrogen) atoms. The van der Waals surface area contributed by atoms with Crippen LogP contribution in [0, 0.1) is 11.3 Å². The van der Waals surface area contributed by atoms with Crippen LogP contribution in [0.2, 0.25) is 0 Å². The Kier molecular flexibility index (Phi) is 5.35. The molecular weight excluding hydrogens is 280 g/mol. The van der Waals surface area contributed by atoms with Gasteiger partial charge >= 0.3 is 0 Å². The number of para-hydroxylation sites is 1. The number of benzene rings is 1. The van der Waals surface area contributed by atoms with Gasteiger partial charge in [-0.25, -0.2) is 4.98 Å². The van der Waals surface area contributed by atoms with Gasteiger partial charge in [-0.05, 0) is 24.0 Å². The molecule has 1 heterocycles. The number of aromatic nitrogens is 1. The third-order valence-corrected chi connectivity index (χ3v) is 4.31. The number of hydrogen-bond acceptors (Lipinski definition) is 4. The first-order valence-electron chi connectivity index (χ1n) is 7.21. The molecule has 0 aliphatic carbocycles. The minimum absolute atomic E-state index is 0.335. The van der Waals surface area contributed by atoms with E-state index in [1.165, 1.54) is 5.56 Å². The van der Waals surface area contributed by atoms with Gasteiger partial charge in [-0.2, -0.15) is 5.26 Å². The van der Waals surface area contributed by atoms with Gasteiger partial charge in [0.25, 0.3) is 0 Å². The fourth-order valence-electron chi connectivity index (χ4n) is 2.20. The normalized spacial score (nSPS) is 10.6. The first kappa shape index (κ1) is 15.5. The molecule has 0 aliphatic heterocycles. The topological polar surface area (TPSA) is 45.9 Å². The highest BCUT2D eigenvalue weighted by Gasteiger charge is 2.14. The number of ether oxygens (including phenoxy) is 1. The first-order chi connectivity index (χ1) is 10.2. The molecule has 1 aromatic carbocycles. The standard InChI is InChI=1S/C17H20N2OS/c1-4-13-7-5-6-8-14(13)20-11-16-19-17(12(2)3)15(21-16)9-10-18/h5-8,12H,4,9,11H2,1-3H3. The molecule has 0 unspecified atom stereocenters. The Labute approximate surface area is 130 Å². The summed E-state index contributed by atoms with van der Waals surface area (Å²) in [7, 11) is 0. The zero-order valence-electron chi connectivity index (χ0n) is 12.7. The molecule has 0 bridgehead atoms. The summed E-state index contributed by atoms with van der Waals surface area (Å²) in [5.41, 5.74) is 2.24. The van der Waals surface area contributed by atoms with Gasteiger partial charge in [0.2, 0.25) is 0 Å². The Morgan fingerprint density at radius 1 is 1.33 bits per heavy atom. The average Bonchev–Trinajstić information content (AvgIpc) is 2.89. The van der Waals surface area contributed by atoms with E-state index in [4.69, 9.17) is 10.00 Å². The van der Waals surface area contributed by atoms with E-state index in [9.17, 15) is 0 Å². The molecule has 0 saturated carbocycles. The van der Waals surface area contributed by atoms with Crippen LogP contribution in [0.15, 0.2) is 24.3 Å². The third-order valence-electron chi connectivity index (χ3n) is 3.26. The van der Waals surface area contributed by atoms with Crippen LogP contribution < -0.4 is 4.74 Å². The van der Waals surface area contributed by atoms with Crippen molar-refractivity contribution in [3.8, 4) is 11.8 Å². The van der Waals surface area contributed by atoms with Crippen LogP contribution in [-0.2, 0) is 19.4 Å². The fourth-order valence-corrected chi connectivity index (χ4v) is 3.27. The summed E-state index contributed by atoms with van der Waals surface area (Å²) in [6, 6.07) is 10.3. The highest BCUT2D eigenvalue weighted by molar-refractivity contribution is 7.11. The fraction of sp³-hybridized carbons (Fsp3) is 0.412. The van der Waals surface area contributed by atoms with Crippen molar-refractivity contribution < 1.29 is 4.74 Å². The van der Waals surface area contributed by atoms with Gasteiger partial charge in [0.1, 0.15) is 17.4 Å². The molecule has 0 N–H and O–H groups in total. The number of rotatable bonds is 6. The van der Waals surface area contributed by atoms with Crippen molar-refractivity contribution >= 4 is 11.3 Å². The highest BCUT2D eigenvalue weighted by Crippen LogP contribution is 2.27. The van der Waals surface area contributed by atoms with E-state index < -0.39 is 0 Å². The summed E-state index contributed by atoms with van der Waals surface area (Å²) < 4.78 is 5.91. The smallest absolute Gasteiger partial charge is 0.140 e. The molecule has 1 aromatic heterocycles. The summed E-state index contributed by atoms with van der Waals surface area (Å²) in [4.78, 5) is 5.71. The van der Waals surface area contributed by atoms with E-state index in [0.717, 1.165) is 27.7 Å². The van der Waals surface area contributed by atoms with E-state index in [1.54, 1.807) is 11.3 Å². The molecule has 0 radical (unpaired) electrons. The maximum absolute atomic E-state index is 8.91. The van der Waals surface area contributed by atoms with Gasteiger partial charge in [0, 0.05) is 4.88 Å². The lowest BCUT2D eigenvalue weighted by Crippen LogP contribution is -1.98. The predicted octanol–water partition coefficient (Wildman–Crippen LogP) is 4.47. The molecule has 0 spiro atoms. The van der Waals surface area contributed by atoms with E-state index in [0.29, 0.717) is 18.9 Å². The van der Waals surface area contributed by atoms with Crippen molar-refractivity contribution in [2.24, 2.45) is 0 Å². The molecule has 0 fully saturated rings. The second-order valence-corrected chi connectivity index (χ2v) is 6.32. The van der Waals surface area contributed by atoms with Crippen molar-refractivity contribution in [3.63, 3.8) is 0 Å². The second kappa shape index (κ2) is 7.24. The molecule has 0 saturated heterocycles. The van der Waals surface area contributed by atoms with Crippen molar-refractivity contribution in [1.29, 1.82) is 5.26 Å². The number of hydrogen-bond donors (Lipinski definition) is 0. The Balaban J connectivity index is 2.13. The van der Waals surface area contributed by atoms with Crippen LogP contribution in [0.25, 0.3) is 0 Å². The summed E-state index contributed by atoms with van der Waals surface area (Å²) in [6.45, 7) is 6.79. The number of thiazole rings is 1. The Morgan fingerprint density at radius 3 is 2.76 bits per heavy atom. The van der Waals surface area contributed by atoms with Crippen LogP contribution in [0.5, 0.6) is 5.75 Å². The van der Waals surface area contributed by atoms with Crippen LogP contribution in [0.3, 0.4) is 0 Å². The maximum atomic E-state index is 8.91. The number of nitriles is 1. The minimum atomic E-state index is 0.335. The van der Waals surface area contributed by atoms with Crippen LogP contribution in [0.1, 0.15) is 47.8 Å². The highest BCUT2D eigenvalue weighted by atomic mass is 32.1. The summed E-state index contributed by atoms with van der Waals surface area (Å²) >= 11 is 1.59. The Hall–Kier alpha value is -1.86. The van der Waals surface area contributed by atoms with Crippen molar-refractivity contribution in [2.45, 2.75) is 46.1 Å². The van der Waals surface area contributed by atoms with E-state index in [-0.39, 0.29) is 0 Å². The zero-order valence-corrected chi connectivity index (χ0v) is 13.5. The number of aryl methyl sites for hydroxylation is 1. The predicted molar refractivity (Wildman–Crippen MR) is 85.7 cm³/mol. The van der Waals surface area contributed by atoms with Crippen molar-refractivity contribution in [1.82, 2.24) is 4.98 Å². The van der Waals surface area contributed by atoms with Crippen LogP contribution >= 0.6 is 11.3 Å². The Bertz CT molecular complexity index is 640. The lowest BCUT2D eigenvalue weighted by molar-refractivity contribution is 0.302. The van der Waals surface area contributed by atoms with E-state index >= 15 is 0 Å². The summed E-state index contributed by atoms with van der Waals surface area (Å²) in [5.74, 6) is 1.25. The zero-order chi connectivity index (χ0) is 15.2. The second-order valence-electron chi connectivity index (χ2n) is 5.16. The lowest BCUT2D eigenvalue weighted by Gasteiger charge is -2.08. The van der Waals surface area contributed by atoms with Gasteiger partial charge in [-0.1, -0.05) is 39.0 Å². The quantitative estimate of drug-likeness (QED) is 0.790. The largest absolute Gasteiger partial charge is 0.486 e. The lowest BCUT2D eigenvalue weighted by atomic mass is 10.1. The van der Waals surface area contributed by atoms with Gasteiger partial charge in [-0.3, -0.25) is 0 Å². The molecule has 2 aromatic rings. The van der Waals surface area contributed by atoms with E-state index in [1.807, 2.05) is 18.2 Å². The molecule has 0 aliphatic rings. The van der Waals surface area contributed by atoms with Crippen LogP contribution in [-0.4, -0.2) is 4.98 Å². The molecule has 0 atom stereocenters. The van der Waals surface area contributed by atoms with E-state index in [2.05, 4.69) is 37.9 Å².